The molecule has 0 spiro atoms. The number of hydrogen-bond donors (Lipinski definition) is 1. The molecule has 0 aliphatic carbocycles. The molecule has 0 amide bonds. The Morgan fingerprint density at radius 2 is 1.82 bits per heavy atom. The number of rotatable bonds is 7. The van der Waals surface area contributed by atoms with E-state index in [0.29, 0.717) is 6.04 Å². The minimum absolute atomic E-state index is 0.563. The first-order valence-corrected chi connectivity index (χ1v) is 7.50. The van der Waals surface area contributed by atoms with Crippen molar-refractivity contribution in [3.05, 3.63) is 27.1 Å². The van der Waals surface area contributed by atoms with Crippen LogP contribution < -0.4 is 10.1 Å². The van der Waals surface area contributed by atoms with Gasteiger partial charge in [-0.25, -0.2) is 0 Å². The number of halogens is 2. The molecule has 0 bridgehead atoms. The second-order valence-electron chi connectivity index (χ2n) is 4.22. The Kier molecular flexibility index (Phi) is 7.16. The van der Waals surface area contributed by atoms with Crippen LogP contribution in [0.4, 0.5) is 0 Å². The van der Waals surface area contributed by atoms with Crippen molar-refractivity contribution in [2.45, 2.75) is 32.7 Å². The van der Waals surface area contributed by atoms with Crippen molar-refractivity contribution in [3.63, 3.8) is 0 Å². The Morgan fingerprint density at radius 3 is 2.41 bits per heavy atom. The molecule has 0 unspecified atom stereocenters. The Bertz CT molecular complexity index is 322. The van der Waals surface area contributed by atoms with Crippen LogP contribution in [0.5, 0.6) is 5.75 Å². The quantitative estimate of drug-likeness (QED) is 0.725. The molecule has 0 radical (unpaired) electrons. The van der Waals surface area contributed by atoms with Crippen LogP contribution in [-0.2, 0) is 0 Å². The van der Waals surface area contributed by atoms with E-state index in [1.165, 1.54) is 0 Å². The summed E-state index contributed by atoms with van der Waals surface area (Å²) in [4.78, 5) is 0. The van der Waals surface area contributed by atoms with E-state index in [9.17, 15) is 0 Å². The maximum absolute atomic E-state index is 5.75. The molecule has 17 heavy (non-hydrogen) atoms. The zero-order valence-corrected chi connectivity index (χ0v) is 13.5. The molecule has 0 saturated carbocycles. The summed E-state index contributed by atoms with van der Waals surface area (Å²) < 4.78 is 7.74. The van der Waals surface area contributed by atoms with Gasteiger partial charge in [-0.3, -0.25) is 0 Å². The van der Waals surface area contributed by atoms with E-state index in [0.717, 1.165) is 40.7 Å². The minimum atomic E-state index is 0.563. The van der Waals surface area contributed by atoms with Crippen LogP contribution in [0, 0.1) is 0 Å². The molecular weight excluding hydrogens is 346 g/mol. The van der Waals surface area contributed by atoms with Gasteiger partial charge in [0.25, 0.3) is 0 Å². The summed E-state index contributed by atoms with van der Waals surface area (Å²) in [5, 5.41) is 3.39. The van der Waals surface area contributed by atoms with E-state index in [-0.39, 0.29) is 0 Å². The maximum atomic E-state index is 5.75. The number of unbranched alkanes of at least 4 members (excludes halogenated alkanes) is 1. The van der Waals surface area contributed by atoms with Crippen molar-refractivity contribution < 1.29 is 4.74 Å². The Hall–Kier alpha value is -0.0600. The largest absolute Gasteiger partial charge is 0.491 e. The van der Waals surface area contributed by atoms with E-state index in [2.05, 4.69) is 51.0 Å². The van der Waals surface area contributed by atoms with Crippen molar-refractivity contribution in [2.75, 3.05) is 13.2 Å². The van der Waals surface area contributed by atoms with E-state index >= 15 is 0 Å². The molecule has 4 heteroatoms. The Morgan fingerprint density at radius 1 is 1.18 bits per heavy atom. The lowest BCUT2D eigenvalue weighted by Crippen LogP contribution is -2.23. The van der Waals surface area contributed by atoms with Crippen LogP contribution in [-0.4, -0.2) is 19.2 Å². The molecule has 0 fully saturated rings. The monoisotopic (exact) mass is 363 g/mol. The number of para-hydroxylation sites is 1. The fourth-order valence-corrected chi connectivity index (χ4v) is 2.64. The lowest BCUT2D eigenvalue weighted by Gasteiger charge is -2.11. The van der Waals surface area contributed by atoms with Gasteiger partial charge < -0.3 is 10.1 Å². The molecule has 0 heterocycles. The molecule has 0 aromatic heterocycles. The molecule has 2 nitrogen and oxygen atoms in total. The van der Waals surface area contributed by atoms with E-state index in [1.54, 1.807) is 0 Å². The highest BCUT2D eigenvalue weighted by Crippen LogP contribution is 2.32. The van der Waals surface area contributed by atoms with Gasteiger partial charge in [0.2, 0.25) is 0 Å². The fourth-order valence-electron chi connectivity index (χ4n) is 1.41. The minimum Gasteiger partial charge on any atom is -0.491 e. The van der Waals surface area contributed by atoms with Gasteiger partial charge in [-0.15, -0.1) is 0 Å². The summed E-state index contributed by atoms with van der Waals surface area (Å²) in [6, 6.07) is 6.52. The highest BCUT2D eigenvalue weighted by atomic mass is 79.9. The first kappa shape index (κ1) is 15.0. The number of nitrogens with one attached hydrogen (secondary N) is 1. The van der Waals surface area contributed by atoms with Gasteiger partial charge in [-0.1, -0.05) is 19.9 Å². The van der Waals surface area contributed by atoms with Crippen molar-refractivity contribution in [1.82, 2.24) is 5.32 Å². The average molecular weight is 365 g/mol. The molecule has 96 valence electrons. The predicted octanol–water partition coefficient (Wildman–Crippen LogP) is 4.37. The highest BCUT2D eigenvalue weighted by Gasteiger charge is 2.04. The summed E-state index contributed by atoms with van der Waals surface area (Å²) in [7, 11) is 0. The summed E-state index contributed by atoms with van der Waals surface area (Å²) in [5.74, 6) is 0.893. The first-order chi connectivity index (χ1) is 8.11. The van der Waals surface area contributed by atoms with Gasteiger partial charge in [-0.2, -0.15) is 0 Å². The van der Waals surface area contributed by atoms with Crippen LogP contribution in [0.2, 0.25) is 0 Å². The highest BCUT2D eigenvalue weighted by molar-refractivity contribution is 9.11. The lowest BCUT2D eigenvalue weighted by molar-refractivity contribution is 0.301. The molecule has 1 aromatic rings. The van der Waals surface area contributed by atoms with Crippen molar-refractivity contribution in [3.8, 4) is 5.75 Å². The smallest absolute Gasteiger partial charge is 0.147 e. The first-order valence-electron chi connectivity index (χ1n) is 5.91. The lowest BCUT2D eigenvalue weighted by atomic mass is 10.3. The van der Waals surface area contributed by atoms with Crippen LogP contribution in [0.3, 0.4) is 0 Å². The third kappa shape index (κ3) is 5.89. The zero-order valence-electron chi connectivity index (χ0n) is 10.3. The molecule has 0 atom stereocenters. The topological polar surface area (TPSA) is 21.3 Å². The van der Waals surface area contributed by atoms with E-state index in [1.807, 2.05) is 18.2 Å². The standard InChI is InChI=1S/C13H19Br2NO/c1-10(2)16-8-3-4-9-17-13-11(14)6-5-7-12(13)15/h5-7,10,16H,3-4,8-9H2,1-2H3. The second kappa shape index (κ2) is 8.11. The molecule has 1 aromatic carbocycles. The fraction of sp³-hybridized carbons (Fsp3) is 0.538. The van der Waals surface area contributed by atoms with Crippen LogP contribution >= 0.6 is 31.9 Å². The summed E-state index contributed by atoms with van der Waals surface area (Å²) >= 11 is 6.96. The molecule has 1 N–H and O–H groups in total. The van der Waals surface area contributed by atoms with Gasteiger partial charge >= 0.3 is 0 Å². The van der Waals surface area contributed by atoms with Gasteiger partial charge in [0, 0.05) is 6.04 Å². The van der Waals surface area contributed by atoms with Crippen LogP contribution in [0.25, 0.3) is 0 Å². The maximum Gasteiger partial charge on any atom is 0.147 e. The molecule has 1 rings (SSSR count). The summed E-state index contributed by atoms with van der Waals surface area (Å²) in [6.07, 6.45) is 2.20. The zero-order chi connectivity index (χ0) is 12.7. The Labute approximate surface area is 120 Å². The Balaban J connectivity index is 2.22. The number of hydrogen-bond acceptors (Lipinski definition) is 2. The molecule has 0 aliphatic heterocycles. The van der Waals surface area contributed by atoms with Gasteiger partial charge in [0.1, 0.15) is 5.75 Å². The molecular formula is C13H19Br2NO. The number of benzene rings is 1. The summed E-state index contributed by atoms with van der Waals surface area (Å²) in [5.41, 5.74) is 0. The van der Waals surface area contributed by atoms with Crippen molar-refractivity contribution >= 4 is 31.9 Å². The van der Waals surface area contributed by atoms with Crippen LogP contribution in [0.1, 0.15) is 26.7 Å². The summed E-state index contributed by atoms with van der Waals surface area (Å²) in [6.45, 7) is 6.13. The van der Waals surface area contributed by atoms with Crippen molar-refractivity contribution in [1.29, 1.82) is 0 Å². The number of ether oxygens (including phenoxy) is 1. The molecule has 0 aliphatic rings. The third-order valence-corrected chi connectivity index (χ3v) is 3.54. The van der Waals surface area contributed by atoms with E-state index < -0.39 is 0 Å². The molecule has 0 saturated heterocycles. The van der Waals surface area contributed by atoms with E-state index in [4.69, 9.17) is 4.74 Å². The van der Waals surface area contributed by atoms with Gasteiger partial charge in [-0.05, 0) is 63.4 Å². The normalized spacial score (nSPS) is 10.9. The van der Waals surface area contributed by atoms with Gasteiger partial charge in [0.05, 0.1) is 15.6 Å². The third-order valence-electron chi connectivity index (χ3n) is 2.29. The average Bonchev–Trinajstić information content (AvgIpc) is 2.26. The predicted molar refractivity (Wildman–Crippen MR) is 79.7 cm³/mol. The SMILES string of the molecule is CC(C)NCCCCOc1c(Br)cccc1Br. The second-order valence-corrected chi connectivity index (χ2v) is 5.92. The van der Waals surface area contributed by atoms with Crippen LogP contribution in [0.15, 0.2) is 27.1 Å². The van der Waals surface area contributed by atoms with Gasteiger partial charge in [0.15, 0.2) is 0 Å². The van der Waals surface area contributed by atoms with Crippen molar-refractivity contribution in [2.24, 2.45) is 0 Å².